The van der Waals surface area contributed by atoms with E-state index in [4.69, 9.17) is 9.15 Å². The van der Waals surface area contributed by atoms with E-state index in [1.54, 1.807) is 14.0 Å². The van der Waals surface area contributed by atoms with Crippen LogP contribution < -0.4 is 15.6 Å². The number of hydrogen-bond acceptors (Lipinski definition) is 6. The molecule has 0 aliphatic carbocycles. The summed E-state index contributed by atoms with van der Waals surface area (Å²) < 4.78 is 10.9. The molecule has 1 aliphatic heterocycles. The number of rotatable bonds is 6. The average molecular weight is 396 g/mol. The van der Waals surface area contributed by atoms with Crippen molar-refractivity contribution in [1.82, 2.24) is 20.2 Å². The molecular formula is C21H24N4O4. The van der Waals surface area contributed by atoms with Gasteiger partial charge in [-0.15, -0.1) is 0 Å². The second-order valence-corrected chi connectivity index (χ2v) is 7.19. The molecule has 1 aromatic carbocycles. The Morgan fingerprint density at radius 3 is 2.93 bits per heavy atom. The Hall–Kier alpha value is -3.13. The third-order valence-electron chi connectivity index (χ3n) is 5.41. The number of hydrogen-bond donors (Lipinski definition) is 2. The molecule has 0 unspecified atom stereocenters. The Morgan fingerprint density at radius 1 is 1.38 bits per heavy atom. The number of carbonyl (C=O) groups excluding carboxylic acids is 1. The first-order valence-corrected chi connectivity index (χ1v) is 9.71. The second-order valence-electron chi connectivity index (χ2n) is 7.19. The zero-order valence-corrected chi connectivity index (χ0v) is 16.5. The van der Waals surface area contributed by atoms with E-state index in [1.165, 1.54) is 6.33 Å². The summed E-state index contributed by atoms with van der Waals surface area (Å²) in [6.45, 7) is 4.04. The zero-order chi connectivity index (χ0) is 20.4. The van der Waals surface area contributed by atoms with Gasteiger partial charge in [-0.25, -0.2) is 4.98 Å². The van der Waals surface area contributed by atoms with Gasteiger partial charge in [0.2, 0.25) is 5.71 Å². The Labute approximate surface area is 167 Å². The average Bonchev–Trinajstić information content (AvgIpc) is 3.36. The van der Waals surface area contributed by atoms with Gasteiger partial charge in [0.05, 0.1) is 25.0 Å². The number of carbonyl (C=O) groups is 1. The van der Waals surface area contributed by atoms with E-state index < -0.39 is 0 Å². The highest BCUT2D eigenvalue weighted by atomic mass is 16.5. The smallest absolute Gasteiger partial charge is 0.262 e. The van der Waals surface area contributed by atoms with E-state index in [1.807, 2.05) is 24.3 Å². The molecule has 0 spiro atoms. The SMILES string of the molecule is COc1cccc([C@@H](CNC(=O)c2c(C)oc3nc[nH]c(=O)c23)N2CCCC2)c1. The van der Waals surface area contributed by atoms with Gasteiger partial charge in [0, 0.05) is 6.54 Å². The molecule has 0 bridgehead atoms. The first-order chi connectivity index (χ1) is 14.1. The summed E-state index contributed by atoms with van der Waals surface area (Å²) in [4.78, 5) is 34.0. The molecule has 1 aliphatic rings. The van der Waals surface area contributed by atoms with Crippen LogP contribution in [0.5, 0.6) is 5.75 Å². The number of methoxy groups -OCH3 is 1. The fraction of sp³-hybridized carbons (Fsp3) is 0.381. The monoisotopic (exact) mass is 396 g/mol. The second kappa shape index (κ2) is 8.08. The number of fused-ring (bicyclic) bond motifs is 1. The summed E-state index contributed by atoms with van der Waals surface area (Å²) in [6, 6.07) is 7.93. The molecule has 152 valence electrons. The van der Waals surface area contributed by atoms with Gasteiger partial charge < -0.3 is 19.5 Å². The maximum atomic E-state index is 13.0. The van der Waals surface area contributed by atoms with Crippen molar-refractivity contribution in [1.29, 1.82) is 0 Å². The molecule has 0 saturated carbocycles. The molecule has 4 rings (SSSR count). The molecule has 29 heavy (non-hydrogen) atoms. The standard InChI is InChI=1S/C21H24N4O4/c1-13-17(18-20(27)23-12-24-21(18)29-13)19(26)22-11-16(25-8-3-4-9-25)14-6-5-7-15(10-14)28-2/h5-7,10,12,16H,3-4,8-9,11H2,1-2H3,(H,22,26)(H,23,24,27)/t16-/m1/s1. The number of furan rings is 1. The van der Waals surface area contributed by atoms with Crippen molar-refractivity contribution in [2.45, 2.75) is 25.8 Å². The van der Waals surface area contributed by atoms with Crippen LogP contribution in [0.3, 0.4) is 0 Å². The summed E-state index contributed by atoms with van der Waals surface area (Å²) in [7, 11) is 1.64. The van der Waals surface area contributed by atoms with Gasteiger partial charge in [-0.1, -0.05) is 12.1 Å². The van der Waals surface area contributed by atoms with E-state index in [0.717, 1.165) is 37.2 Å². The zero-order valence-electron chi connectivity index (χ0n) is 16.5. The number of aryl methyl sites for hydroxylation is 1. The van der Waals surface area contributed by atoms with Crippen LogP contribution in [0.25, 0.3) is 11.1 Å². The van der Waals surface area contributed by atoms with Crippen molar-refractivity contribution in [3.05, 3.63) is 57.8 Å². The van der Waals surface area contributed by atoms with Crippen molar-refractivity contribution in [2.75, 3.05) is 26.7 Å². The van der Waals surface area contributed by atoms with Crippen LogP contribution in [0, 0.1) is 6.92 Å². The fourth-order valence-corrected chi connectivity index (χ4v) is 3.96. The van der Waals surface area contributed by atoms with Gasteiger partial charge >= 0.3 is 0 Å². The topological polar surface area (TPSA) is 100 Å². The lowest BCUT2D eigenvalue weighted by Crippen LogP contribution is -2.37. The number of nitrogens with zero attached hydrogens (tertiary/aromatic N) is 2. The summed E-state index contributed by atoms with van der Waals surface area (Å²) in [6.07, 6.45) is 3.54. The van der Waals surface area contributed by atoms with Crippen LogP contribution in [0.4, 0.5) is 0 Å². The molecule has 8 nitrogen and oxygen atoms in total. The molecule has 1 saturated heterocycles. The van der Waals surface area contributed by atoms with E-state index in [0.29, 0.717) is 12.3 Å². The van der Waals surface area contributed by atoms with Crippen LogP contribution in [-0.2, 0) is 0 Å². The maximum Gasteiger partial charge on any atom is 0.262 e. The highest BCUT2D eigenvalue weighted by Crippen LogP contribution is 2.27. The van der Waals surface area contributed by atoms with Crippen molar-refractivity contribution in [2.24, 2.45) is 0 Å². The number of aromatic nitrogens is 2. The predicted octanol–water partition coefficient (Wildman–Crippen LogP) is 2.40. The Morgan fingerprint density at radius 2 is 2.17 bits per heavy atom. The Balaban J connectivity index is 1.60. The molecular weight excluding hydrogens is 372 g/mol. The minimum Gasteiger partial charge on any atom is -0.497 e. The molecule has 3 aromatic rings. The Kier molecular flexibility index (Phi) is 5.35. The third-order valence-corrected chi connectivity index (χ3v) is 5.41. The Bertz CT molecular complexity index is 1080. The van der Waals surface area contributed by atoms with Gasteiger partial charge in [0.25, 0.3) is 11.5 Å². The minimum atomic E-state index is -0.388. The van der Waals surface area contributed by atoms with E-state index >= 15 is 0 Å². The van der Waals surface area contributed by atoms with Gasteiger partial charge in [0.1, 0.15) is 16.9 Å². The number of amides is 1. The molecule has 1 amide bonds. The van der Waals surface area contributed by atoms with Crippen molar-refractivity contribution in [3.8, 4) is 5.75 Å². The lowest BCUT2D eigenvalue weighted by molar-refractivity contribution is 0.0937. The van der Waals surface area contributed by atoms with Crippen molar-refractivity contribution in [3.63, 3.8) is 0 Å². The van der Waals surface area contributed by atoms with Gasteiger partial charge in [-0.05, 0) is 50.6 Å². The van der Waals surface area contributed by atoms with Crippen LogP contribution in [-0.4, -0.2) is 47.5 Å². The van der Waals surface area contributed by atoms with Crippen LogP contribution in [0.15, 0.2) is 39.8 Å². The summed E-state index contributed by atoms with van der Waals surface area (Å²) in [5, 5.41) is 3.18. The molecule has 0 radical (unpaired) electrons. The van der Waals surface area contributed by atoms with Crippen LogP contribution in [0.1, 0.15) is 40.6 Å². The largest absolute Gasteiger partial charge is 0.497 e. The number of likely N-dealkylation sites (tertiary alicyclic amines) is 1. The first-order valence-electron chi connectivity index (χ1n) is 9.71. The molecule has 1 fully saturated rings. The molecule has 2 aromatic heterocycles. The summed E-state index contributed by atoms with van der Waals surface area (Å²) in [5.74, 6) is 0.819. The number of benzene rings is 1. The number of H-pyrrole nitrogens is 1. The third kappa shape index (κ3) is 3.75. The van der Waals surface area contributed by atoms with Gasteiger partial charge in [-0.2, -0.15) is 0 Å². The van der Waals surface area contributed by atoms with E-state index in [9.17, 15) is 9.59 Å². The summed E-state index contributed by atoms with van der Waals surface area (Å²) >= 11 is 0. The molecule has 3 heterocycles. The highest BCUT2D eigenvalue weighted by Gasteiger charge is 2.26. The van der Waals surface area contributed by atoms with Gasteiger partial charge in [-0.3, -0.25) is 14.5 Å². The molecule has 1 atom stereocenters. The number of nitrogens with one attached hydrogen (secondary N) is 2. The van der Waals surface area contributed by atoms with Gasteiger partial charge in [0.15, 0.2) is 0 Å². The minimum absolute atomic E-state index is 0.0198. The lowest BCUT2D eigenvalue weighted by atomic mass is 10.0. The maximum absolute atomic E-state index is 13.0. The van der Waals surface area contributed by atoms with Crippen LogP contribution in [0.2, 0.25) is 0 Å². The highest BCUT2D eigenvalue weighted by molar-refractivity contribution is 6.06. The summed E-state index contributed by atoms with van der Waals surface area (Å²) in [5.41, 5.74) is 1.10. The number of aromatic amines is 1. The molecule has 8 heteroatoms. The lowest BCUT2D eigenvalue weighted by Gasteiger charge is -2.28. The molecule has 2 N–H and O–H groups in total. The van der Waals surface area contributed by atoms with E-state index in [-0.39, 0.29) is 34.2 Å². The predicted molar refractivity (Wildman–Crippen MR) is 108 cm³/mol. The fourth-order valence-electron chi connectivity index (χ4n) is 3.96. The normalized spacial score (nSPS) is 15.5. The van der Waals surface area contributed by atoms with Crippen molar-refractivity contribution >= 4 is 17.0 Å². The first kappa shape index (κ1) is 19.2. The van der Waals surface area contributed by atoms with Crippen molar-refractivity contribution < 1.29 is 13.9 Å². The number of ether oxygens (including phenoxy) is 1. The van der Waals surface area contributed by atoms with E-state index in [2.05, 4.69) is 20.2 Å². The quantitative estimate of drug-likeness (QED) is 0.664. The van der Waals surface area contributed by atoms with Crippen LogP contribution >= 0.6 is 0 Å².